The van der Waals surface area contributed by atoms with Crippen LogP contribution >= 0.6 is 0 Å². The number of aromatic nitrogens is 3. The predicted octanol–water partition coefficient (Wildman–Crippen LogP) is 2.21. The molecule has 0 saturated heterocycles. The Bertz CT molecular complexity index is 609. The lowest BCUT2D eigenvalue weighted by Crippen LogP contribution is -2.38. The van der Waals surface area contributed by atoms with Gasteiger partial charge in [-0.2, -0.15) is 5.10 Å². The topological polar surface area (TPSA) is 76.4 Å². The molecule has 0 amide bonds. The van der Waals surface area contributed by atoms with Gasteiger partial charge in [-0.25, -0.2) is 9.98 Å². The summed E-state index contributed by atoms with van der Waals surface area (Å²) in [4.78, 5) is 8.90. The number of nitrogens with one attached hydrogen (secondary N) is 2. The molecule has 0 saturated carbocycles. The Morgan fingerprint density at radius 3 is 2.88 bits per heavy atom. The molecule has 0 atom stereocenters. The molecule has 2 rings (SSSR count). The van der Waals surface area contributed by atoms with Crippen molar-refractivity contribution in [3.63, 3.8) is 0 Å². The second kappa shape index (κ2) is 11.1. The van der Waals surface area contributed by atoms with Crippen LogP contribution in [0.3, 0.4) is 0 Å². The van der Waals surface area contributed by atoms with E-state index in [0.717, 1.165) is 44.0 Å². The van der Waals surface area contributed by atoms with Crippen molar-refractivity contribution in [2.75, 3.05) is 19.7 Å². The zero-order chi connectivity index (χ0) is 17.7. The summed E-state index contributed by atoms with van der Waals surface area (Å²) in [6, 6.07) is 5.83. The van der Waals surface area contributed by atoms with E-state index in [9.17, 15) is 0 Å². The van der Waals surface area contributed by atoms with Crippen molar-refractivity contribution in [2.45, 2.75) is 39.8 Å². The highest BCUT2D eigenvalue weighted by atomic mass is 16.5. The minimum atomic E-state index is 0.579. The predicted molar refractivity (Wildman–Crippen MR) is 99.7 cm³/mol. The minimum absolute atomic E-state index is 0.579. The molecule has 2 aromatic heterocycles. The first-order valence-corrected chi connectivity index (χ1v) is 8.89. The summed E-state index contributed by atoms with van der Waals surface area (Å²) in [6.45, 7) is 7.96. The fourth-order valence-electron chi connectivity index (χ4n) is 2.19. The molecule has 25 heavy (non-hydrogen) atoms. The van der Waals surface area contributed by atoms with Gasteiger partial charge in [0.1, 0.15) is 0 Å². The summed E-state index contributed by atoms with van der Waals surface area (Å²) < 4.78 is 7.42. The number of aliphatic imine (C=N–C) groups is 1. The van der Waals surface area contributed by atoms with Crippen molar-refractivity contribution < 1.29 is 4.74 Å². The van der Waals surface area contributed by atoms with Gasteiger partial charge in [0.25, 0.3) is 0 Å². The van der Waals surface area contributed by atoms with Gasteiger partial charge in [-0.15, -0.1) is 0 Å². The van der Waals surface area contributed by atoms with Crippen LogP contribution in [0.4, 0.5) is 0 Å². The summed E-state index contributed by atoms with van der Waals surface area (Å²) in [5.41, 5.74) is 1.05. The molecule has 136 valence electrons. The van der Waals surface area contributed by atoms with E-state index in [4.69, 9.17) is 4.74 Å². The molecule has 2 N–H and O–H groups in total. The highest BCUT2D eigenvalue weighted by Gasteiger charge is 2.00. The van der Waals surface area contributed by atoms with Crippen LogP contribution in [-0.4, -0.2) is 40.4 Å². The Balaban J connectivity index is 1.77. The van der Waals surface area contributed by atoms with E-state index in [-0.39, 0.29) is 0 Å². The van der Waals surface area contributed by atoms with E-state index >= 15 is 0 Å². The van der Waals surface area contributed by atoms with E-state index in [1.807, 2.05) is 35.3 Å². The average Bonchev–Trinajstić information content (AvgIpc) is 3.15. The van der Waals surface area contributed by atoms with E-state index in [1.165, 1.54) is 0 Å². The van der Waals surface area contributed by atoms with Gasteiger partial charge >= 0.3 is 0 Å². The zero-order valence-electron chi connectivity index (χ0n) is 15.1. The standard InChI is InChI=1S/C18H28N6O/c1-3-13-25-17-8-7-16(14-21-17)15-22-18(19-4-2)20-9-5-11-24-12-6-10-23-24/h6-8,10,12,14H,3-5,9,11,13,15H2,1-2H3,(H2,19,20,22). The first-order valence-electron chi connectivity index (χ1n) is 8.89. The molecule has 0 bridgehead atoms. The van der Waals surface area contributed by atoms with Crippen molar-refractivity contribution in [3.8, 4) is 5.88 Å². The SMILES string of the molecule is CCCOc1ccc(CN=C(NCC)NCCCn2cccn2)cn1. The first kappa shape index (κ1) is 18.8. The van der Waals surface area contributed by atoms with Crippen LogP contribution in [0.25, 0.3) is 0 Å². The van der Waals surface area contributed by atoms with Crippen molar-refractivity contribution in [3.05, 3.63) is 42.4 Å². The van der Waals surface area contributed by atoms with Gasteiger partial charge in [0, 0.05) is 44.3 Å². The largest absolute Gasteiger partial charge is 0.478 e. The van der Waals surface area contributed by atoms with Crippen LogP contribution in [0, 0.1) is 0 Å². The number of pyridine rings is 1. The summed E-state index contributed by atoms with van der Waals surface area (Å²) in [6.07, 6.45) is 7.55. The molecule has 0 unspecified atom stereocenters. The van der Waals surface area contributed by atoms with Crippen molar-refractivity contribution in [1.29, 1.82) is 0 Å². The Morgan fingerprint density at radius 2 is 2.20 bits per heavy atom. The third-order valence-corrected chi connectivity index (χ3v) is 3.43. The van der Waals surface area contributed by atoms with Gasteiger partial charge < -0.3 is 15.4 Å². The normalized spacial score (nSPS) is 11.4. The summed E-state index contributed by atoms with van der Waals surface area (Å²) in [5.74, 6) is 1.48. The number of guanidine groups is 1. The Kier molecular flexibility index (Phi) is 8.31. The van der Waals surface area contributed by atoms with Crippen molar-refractivity contribution in [1.82, 2.24) is 25.4 Å². The van der Waals surface area contributed by atoms with E-state index in [2.05, 4.69) is 39.6 Å². The monoisotopic (exact) mass is 344 g/mol. The van der Waals surface area contributed by atoms with Gasteiger partial charge in [0.2, 0.25) is 5.88 Å². The Labute approximate surface area is 149 Å². The lowest BCUT2D eigenvalue weighted by Gasteiger charge is -2.11. The number of ether oxygens (including phenoxy) is 1. The molecule has 0 aliphatic carbocycles. The molecule has 0 radical (unpaired) electrons. The smallest absolute Gasteiger partial charge is 0.213 e. The van der Waals surface area contributed by atoms with Gasteiger partial charge in [-0.3, -0.25) is 4.68 Å². The van der Waals surface area contributed by atoms with Crippen molar-refractivity contribution in [2.24, 2.45) is 4.99 Å². The van der Waals surface area contributed by atoms with E-state index in [0.29, 0.717) is 19.0 Å². The molecular weight excluding hydrogens is 316 g/mol. The third-order valence-electron chi connectivity index (χ3n) is 3.43. The number of nitrogens with zero attached hydrogens (tertiary/aromatic N) is 4. The van der Waals surface area contributed by atoms with Gasteiger partial charge in [0.15, 0.2) is 5.96 Å². The molecule has 0 aliphatic rings. The molecule has 0 fully saturated rings. The van der Waals surface area contributed by atoms with Crippen LogP contribution in [0.5, 0.6) is 5.88 Å². The molecule has 0 aliphatic heterocycles. The van der Waals surface area contributed by atoms with Crippen LogP contribution in [-0.2, 0) is 13.1 Å². The number of aryl methyl sites for hydroxylation is 1. The van der Waals surface area contributed by atoms with Crippen LogP contribution in [0.2, 0.25) is 0 Å². The lowest BCUT2D eigenvalue weighted by molar-refractivity contribution is 0.305. The Morgan fingerprint density at radius 1 is 1.28 bits per heavy atom. The van der Waals surface area contributed by atoms with Gasteiger partial charge in [-0.1, -0.05) is 13.0 Å². The van der Waals surface area contributed by atoms with Gasteiger partial charge in [0.05, 0.1) is 13.2 Å². The van der Waals surface area contributed by atoms with E-state index in [1.54, 1.807) is 6.20 Å². The third kappa shape index (κ3) is 7.24. The fraction of sp³-hybridized carbons (Fsp3) is 0.500. The molecule has 2 heterocycles. The molecular formula is C18H28N6O. The molecule has 7 heteroatoms. The molecule has 2 aromatic rings. The summed E-state index contributed by atoms with van der Waals surface area (Å²) in [5, 5.41) is 10.8. The number of hydrogen-bond donors (Lipinski definition) is 2. The van der Waals surface area contributed by atoms with Crippen molar-refractivity contribution >= 4 is 5.96 Å². The summed E-state index contributed by atoms with van der Waals surface area (Å²) in [7, 11) is 0. The van der Waals surface area contributed by atoms with Gasteiger partial charge in [-0.05, 0) is 31.4 Å². The Hall–Kier alpha value is -2.57. The van der Waals surface area contributed by atoms with E-state index < -0.39 is 0 Å². The highest BCUT2D eigenvalue weighted by Crippen LogP contribution is 2.08. The van der Waals surface area contributed by atoms with Crippen LogP contribution in [0.1, 0.15) is 32.3 Å². The zero-order valence-corrected chi connectivity index (χ0v) is 15.1. The van der Waals surface area contributed by atoms with Crippen LogP contribution in [0.15, 0.2) is 41.8 Å². The highest BCUT2D eigenvalue weighted by molar-refractivity contribution is 5.79. The second-order valence-electron chi connectivity index (χ2n) is 5.60. The maximum absolute atomic E-state index is 5.49. The molecule has 0 aromatic carbocycles. The average molecular weight is 344 g/mol. The second-order valence-corrected chi connectivity index (χ2v) is 5.60. The maximum atomic E-state index is 5.49. The summed E-state index contributed by atoms with van der Waals surface area (Å²) >= 11 is 0. The quantitative estimate of drug-likeness (QED) is 0.393. The first-order chi connectivity index (χ1) is 12.3. The number of rotatable bonds is 10. The fourth-order valence-corrected chi connectivity index (χ4v) is 2.19. The maximum Gasteiger partial charge on any atom is 0.213 e. The molecule has 0 spiro atoms. The number of hydrogen-bond acceptors (Lipinski definition) is 4. The minimum Gasteiger partial charge on any atom is -0.478 e. The molecule has 7 nitrogen and oxygen atoms in total. The van der Waals surface area contributed by atoms with Crippen LogP contribution < -0.4 is 15.4 Å². The lowest BCUT2D eigenvalue weighted by atomic mass is 10.3.